The van der Waals surface area contributed by atoms with Crippen molar-refractivity contribution in [1.82, 2.24) is 15.0 Å². The summed E-state index contributed by atoms with van der Waals surface area (Å²) in [5, 5.41) is 6.24. The van der Waals surface area contributed by atoms with Gasteiger partial charge >= 0.3 is 0 Å². The number of hydrogen-bond acceptors (Lipinski definition) is 5. The Balaban J connectivity index is 2.12. The molecule has 0 amide bonds. The Labute approximate surface area is 104 Å². The smallest absolute Gasteiger partial charge is 0.181 e. The second-order valence-electron chi connectivity index (χ2n) is 4.18. The third kappa shape index (κ3) is 1.80. The molecule has 0 spiro atoms. The van der Waals surface area contributed by atoms with E-state index in [0.717, 1.165) is 35.2 Å². The van der Waals surface area contributed by atoms with Gasteiger partial charge < -0.3 is 5.32 Å². The van der Waals surface area contributed by atoms with Gasteiger partial charge in [-0.3, -0.25) is 0 Å². The summed E-state index contributed by atoms with van der Waals surface area (Å²) in [4.78, 5) is 13.7. The Morgan fingerprint density at radius 3 is 2.82 bits per heavy atom. The van der Waals surface area contributed by atoms with Crippen LogP contribution in [0.4, 0.5) is 5.82 Å². The van der Waals surface area contributed by atoms with Crippen LogP contribution in [0.5, 0.6) is 0 Å². The molecule has 5 heteroatoms. The molecule has 1 aliphatic rings. The van der Waals surface area contributed by atoms with Gasteiger partial charge in [-0.1, -0.05) is 0 Å². The summed E-state index contributed by atoms with van der Waals surface area (Å²) in [5.74, 6) is 1.72. The second-order valence-corrected chi connectivity index (χ2v) is 5.24. The predicted molar refractivity (Wildman–Crippen MR) is 69.4 cm³/mol. The third-order valence-electron chi connectivity index (χ3n) is 3.02. The largest absolute Gasteiger partial charge is 0.373 e. The average molecular weight is 246 g/mol. The molecule has 1 aliphatic carbocycles. The highest BCUT2D eigenvalue weighted by atomic mass is 32.1. The lowest BCUT2D eigenvalue weighted by atomic mass is 10.2. The Kier molecular flexibility index (Phi) is 2.55. The normalized spacial score (nSPS) is 13.8. The molecule has 0 radical (unpaired) electrons. The van der Waals surface area contributed by atoms with Crippen LogP contribution in [-0.4, -0.2) is 22.0 Å². The van der Waals surface area contributed by atoms with Crippen molar-refractivity contribution in [3.8, 4) is 11.5 Å². The molecule has 0 atom stereocenters. The number of thiazole rings is 1. The SMILES string of the molecule is CNc1nc(-c2csc(C)n2)nc2c1CCC2. The molecule has 2 aromatic rings. The molecule has 0 saturated carbocycles. The van der Waals surface area contributed by atoms with Crippen LogP contribution in [0.15, 0.2) is 5.38 Å². The van der Waals surface area contributed by atoms with Gasteiger partial charge in [0.25, 0.3) is 0 Å². The van der Waals surface area contributed by atoms with Gasteiger partial charge in [-0.05, 0) is 26.2 Å². The number of anilines is 1. The summed E-state index contributed by atoms with van der Waals surface area (Å²) >= 11 is 1.63. The van der Waals surface area contributed by atoms with E-state index in [0.29, 0.717) is 0 Å². The van der Waals surface area contributed by atoms with Gasteiger partial charge in [0.1, 0.15) is 11.5 Å². The second kappa shape index (κ2) is 4.07. The highest BCUT2D eigenvalue weighted by molar-refractivity contribution is 7.09. The first-order chi connectivity index (χ1) is 8.28. The Morgan fingerprint density at radius 1 is 1.24 bits per heavy atom. The van der Waals surface area contributed by atoms with Crippen LogP contribution in [0.1, 0.15) is 22.7 Å². The number of aromatic nitrogens is 3. The first kappa shape index (κ1) is 10.7. The van der Waals surface area contributed by atoms with Crippen LogP contribution >= 0.6 is 11.3 Å². The van der Waals surface area contributed by atoms with Crippen molar-refractivity contribution in [3.05, 3.63) is 21.6 Å². The lowest BCUT2D eigenvalue weighted by Crippen LogP contribution is -2.03. The number of aryl methyl sites for hydroxylation is 2. The fourth-order valence-corrected chi connectivity index (χ4v) is 2.81. The summed E-state index contributed by atoms with van der Waals surface area (Å²) in [5.41, 5.74) is 3.35. The maximum atomic E-state index is 4.64. The zero-order valence-corrected chi connectivity index (χ0v) is 10.8. The van der Waals surface area contributed by atoms with Crippen molar-refractivity contribution in [2.24, 2.45) is 0 Å². The first-order valence-electron chi connectivity index (χ1n) is 5.78. The van der Waals surface area contributed by atoms with Gasteiger partial charge in [0, 0.05) is 23.7 Å². The molecule has 4 nitrogen and oxygen atoms in total. The van der Waals surface area contributed by atoms with Crippen molar-refractivity contribution in [1.29, 1.82) is 0 Å². The molecule has 0 aromatic carbocycles. The highest BCUT2D eigenvalue weighted by Gasteiger charge is 2.19. The standard InChI is InChI=1S/C12H14N4S/c1-7-14-10(6-17-7)12-15-9-5-3-4-8(9)11(13-2)16-12/h6H,3-5H2,1-2H3,(H,13,15,16). The van der Waals surface area contributed by atoms with E-state index in [1.807, 2.05) is 19.4 Å². The fourth-order valence-electron chi connectivity index (χ4n) is 2.22. The van der Waals surface area contributed by atoms with Crippen LogP contribution in [0.2, 0.25) is 0 Å². The monoisotopic (exact) mass is 246 g/mol. The predicted octanol–water partition coefficient (Wildman–Crippen LogP) is 2.44. The zero-order valence-electron chi connectivity index (χ0n) is 9.95. The molecule has 0 fully saturated rings. The Bertz CT molecular complexity index is 562. The van der Waals surface area contributed by atoms with E-state index in [-0.39, 0.29) is 0 Å². The van der Waals surface area contributed by atoms with Crippen LogP contribution in [0.25, 0.3) is 11.5 Å². The molecular formula is C12H14N4S. The van der Waals surface area contributed by atoms with Crippen LogP contribution < -0.4 is 5.32 Å². The van der Waals surface area contributed by atoms with Gasteiger partial charge in [0.2, 0.25) is 0 Å². The number of fused-ring (bicyclic) bond motifs is 1. The number of hydrogen-bond donors (Lipinski definition) is 1. The molecule has 2 heterocycles. The van der Waals surface area contributed by atoms with Crippen LogP contribution in [0.3, 0.4) is 0 Å². The molecule has 0 aliphatic heterocycles. The van der Waals surface area contributed by atoms with Gasteiger partial charge in [-0.25, -0.2) is 15.0 Å². The summed E-state index contributed by atoms with van der Waals surface area (Å²) in [6, 6.07) is 0. The number of rotatable bonds is 2. The maximum Gasteiger partial charge on any atom is 0.181 e. The third-order valence-corrected chi connectivity index (χ3v) is 3.79. The molecule has 17 heavy (non-hydrogen) atoms. The topological polar surface area (TPSA) is 50.7 Å². The van der Waals surface area contributed by atoms with Crippen molar-refractivity contribution in [2.45, 2.75) is 26.2 Å². The number of nitrogens with zero attached hydrogens (tertiary/aromatic N) is 3. The average Bonchev–Trinajstić information content (AvgIpc) is 2.95. The van der Waals surface area contributed by atoms with Gasteiger partial charge in [0.05, 0.1) is 5.01 Å². The Hall–Kier alpha value is -1.49. The van der Waals surface area contributed by atoms with E-state index >= 15 is 0 Å². The number of nitrogens with one attached hydrogen (secondary N) is 1. The van der Waals surface area contributed by atoms with Crippen molar-refractivity contribution >= 4 is 17.2 Å². The maximum absolute atomic E-state index is 4.64. The summed E-state index contributed by atoms with van der Waals surface area (Å²) < 4.78 is 0. The summed E-state index contributed by atoms with van der Waals surface area (Å²) in [7, 11) is 1.91. The minimum Gasteiger partial charge on any atom is -0.373 e. The summed E-state index contributed by atoms with van der Waals surface area (Å²) in [6.45, 7) is 2.00. The molecule has 3 rings (SSSR count). The van der Waals surface area contributed by atoms with E-state index in [1.165, 1.54) is 17.7 Å². The van der Waals surface area contributed by atoms with Crippen LogP contribution in [0, 0.1) is 6.92 Å². The zero-order chi connectivity index (χ0) is 11.8. The molecule has 1 N–H and O–H groups in total. The molecule has 0 saturated heterocycles. The van der Waals surface area contributed by atoms with Crippen molar-refractivity contribution in [3.63, 3.8) is 0 Å². The summed E-state index contributed by atoms with van der Waals surface area (Å²) in [6.07, 6.45) is 3.32. The molecule has 88 valence electrons. The molecule has 0 unspecified atom stereocenters. The van der Waals surface area contributed by atoms with Crippen molar-refractivity contribution < 1.29 is 0 Å². The van der Waals surface area contributed by atoms with Gasteiger partial charge in [-0.2, -0.15) is 0 Å². The molecule has 0 bridgehead atoms. The first-order valence-corrected chi connectivity index (χ1v) is 6.66. The van der Waals surface area contributed by atoms with Gasteiger partial charge in [-0.15, -0.1) is 11.3 Å². The Morgan fingerprint density at radius 2 is 2.12 bits per heavy atom. The quantitative estimate of drug-likeness (QED) is 0.884. The minimum atomic E-state index is 0.749. The van der Waals surface area contributed by atoms with Crippen molar-refractivity contribution in [2.75, 3.05) is 12.4 Å². The molecule has 2 aromatic heterocycles. The van der Waals surface area contributed by atoms with Crippen LogP contribution in [-0.2, 0) is 12.8 Å². The minimum absolute atomic E-state index is 0.749. The van der Waals surface area contributed by atoms with E-state index < -0.39 is 0 Å². The van der Waals surface area contributed by atoms with E-state index in [9.17, 15) is 0 Å². The lowest BCUT2D eigenvalue weighted by molar-refractivity contribution is 0.899. The van der Waals surface area contributed by atoms with E-state index in [2.05, 4.69) is 20.3 Å². The van der Waals surface area contributed by atoms with E-state index in [1.54, 1.807) is 11.3 Å². The highest BCUT2D eigenvalue weighted by Crippen LogP contribution is 2.29. The van der Waals surface area contributed by atoms with E-state index in [4.69, 9.17) is 0 Å². The lowest BCUT2D eigenvalue weighted by Gasteiger charge is -2.07. The van der Waals surface area contributed by atoms with Gasteiger partial charge in [0.15, 0.2) is 5.82 Å². The molecular weight excluding hydrogens is 232 g/mol. The fraction of sp³-hybridized carbons (Fsp3) is 0.417.